The summed E-state index contributed by atoms with van der Waals surface area (Å²) < 4.78 is 16.0. The quantitative estimate of drug-likeness (QED) is 0.350. The van der Waals surface area contributed by atoms with E-state index in [9.17, 15) is 14.9 Å². The zero-order valence-corrected chi connectivity index (χ0v) is 13.1. The van der Waals surface area contributed by atoms with Gasteiger partial charge in [0.25, 0.3) is 5.69 Å². The molecule has 1 aliphatic heterocycles. The van der Waals surface area contributed by atoms with E-state index in [4.69, 9.17) is 14.2 Å². The van der Waals surface area contributed by atoms with Gasteiger partial charge in [0.05, 0.1) is 19.1 Å². The fourth-order valence-corrected chi connectivity index (χ4v) is 2.59. The van der Waals surface area contributed by atoms with E-state index in [1.807, 2.05) is 0 Å². The van der Waals surface area contributed by atoms with E-state index in [0.29, 0.717) is 22.6 Å². The molecule has 0 aromatic heterocycles. The second-order valence-corrected chi connectivity index (χ2v) is 5.23. The highest BCUT2D eigenvalue weighted by Gasteiger charge is 2.47. The molecule has 2 aromatic rings. The number of ether oxygens (including phenoxy) is 3. The van der Waals surface area contributed by atoms with Crippen LogP contribution in [0.5, 0.6) is 11.5 Å². The lowest BCUT2D eigenvalue weighted by Gasteiger charge is -2.10. The monoisotopic (exact) mass is 329 g/mol. The van der Waals surface area contributed by atoms with Crippen molar-refractivity contribution in [3.05, 3.63) is 63.7 Å². The van der Waals surface area contributed by atoms with E-state index in [1.54, 1.807) is 30.3 Å². The Morgan fingerprint density at radius 1 is 1.08 bits per heavy atom. The number of hydrogen-bond acceptors (Lipinski definition) is 6. The summed E-state index contributed by atoms with van der Waals surface area (Å²) in [6.45, 7) is 0. The maximum atomic E-state index is 12.7. The van der Waals surface area contributed by atoms with Gasteiger partial charge in [0.15, 0.2) is 6.10 Å². The summed E-state index contributed by atoms with van der Waals surface area (Å²) in [6, 6.07) is 11.1. The largest absolute Gasteiger partial charge is 0.496 e. The minimum absolute atomic E-state index is 0.00586. The van der Waals surface area contributed by atoms with E-state index >= 15 is 0 Å². The molecule has 1 aliphatic rings. The van der Waals surface area contributed by atoms with Crippen LogP contribution in [0.15, 0.2) is 42.5 Å². The Hall–Kier alpha value is -2.93. The average Bonchev–Trinajstić information content (AvgIpc) is 3.41. The third-order valence-corrected chi connectivity index (χ3v) is 3.86. The Morgan fingerprint density at radius 3 is 2.17 bits per heavy atom. The Labute approximate surface area is 137 Å². The molecule has 3 rings (SSSR count). The number of ketones is 1. The molecule has 1 saturated heterocycles. The number of rotatable bonds is 6. The molecule has 124 valence electrons. The molecule has 2 atom stereocenters. The maximum Gasteiger partial charge on any atom is 0.269 e. The topological polar surface area (TPSA) is 91.2 Å². The zero-order chi connectivity index (χ0) is 17.3. The molecule has 0 spiro atoms. The molecule has 0 bridgehead atoms. The van der Waals surface area contributed by atoms with Crippen LogP contribution >= 0.6 is 0 Å². The van der Waals surface area contributed by atoms with Crippen LogP contribution in [-0.2, 0) is 4.74 Å². The average molecular weight is 329 g/mol. The number of nitrogens with zero attached hydrogens (tertiary/aromatic N) is 1. The summed E-state index contributed by atoms with van der Waals surface area (Å²) in [7, 11) is 2.96. The predicted molar refractivity (Wildman–Crippen MR) is 84.6 cm³/mol. The number of carbonyl (C=O) groups excluding carboxylic acids is 1. The molecule has 2 aromatic carbocycles. The molecule has 0 radical (unpaired) electrons. The fraction of sp³-hybridized carbons (Fsp3) is 0.235. The van der Waals surface area contributed by atoms with E-state index in [-0.39, 0.29) is 11.5 Å². The van der Waals surface area contributed by atoms with Crippen molar-refractivity contribution in [3.63, 3.8) is 0 Å². The molecule has 2 unspecified atom stereocenters. The lowest BCUT2D eigenvalue weighted by molar-refractivity contribution is -0.384. The second-order valence-electron chi connectivity index (χ2n) is 5.23. The highest BCUT2D eigenvalue weighted by Crippen LogP contribution is 2.43. The van der Waals surface area contributed by atoms with Crippen LogP contribution in [0.1, 0.15) is 22.0 Å². The van der Waals surface area contributed by atoms with Crippen molar-refractivity contribution in [1.82, 2.24) is 0 Å². The molecule has 0 amide bonds. The highest BCUT2D eigenvalue weighted by atomic mass is 16.6. The number of methoxy groups -OCH3 is 2. The van der Waals surface area contributed by atoms with Gasteiger partial charge in [0.1, 0.15) is 23.2 Å². The van der Waals surface area contributed by atoms with Gasteiger partial charge in [0.2, 0.25) is 5.78 Å². The predicted octanol–water partition coefficient (Wildman–Crippen LogP) is 2.93. The Morgan fingerprint density at radius 2 is 1.67 bits per heavy atom. The summed E-state index contributed by atoms with van der Waals surface area (Å²) in [4.78, 5) is 22.9. The number of nitro groups is 1. The van der Waals surface area contributed by atoms with Gasteiger partial charge in [-0.2, -0.15) is 0 Å². The van der Waals surface area contributed by atoms with Crippen LogP contribution in [0.25, 0.3) is 0 Å². The van der Waals surface area contributed by atoms with Crippen molar-refractivity contribution in [2.45, 2.75) is 12.2 Å². The molecular formula is C17H15NO6. The third-order valence-electron chi connectivity index (χ3n) is 3.86. The number of non-ortho nitro benzene ring substituents is 1. The van der Waals surface area contributed by atoms with Crippen molar-refractivity contribution < 1.29 is 23.9 Å². The van der Waals surface area contributed by atoms with Gasteiger partial charge in [-0.3, -0.25) is 14.9 Å². The number of Topliss-reactive ketones (excluding diaryl/α,β-unsaturated/α-hetero) is 1. The molecule has 1 fully saturated rings. The summed E-state index contributed by atoms with van der Waals surface area (Å²) in [6.07, 6.45) is -1.08. The van der Waals surface area contributed by atoms with Gasteiger partial charge in [-0.05, 0) is 29.8 Å². The van der Waals surface area contributed by atoms with Crippen molar-refractivity contribution in [1.29, 1.82) is 0 Å². The molecule has 1 heterocycles. The Bertz CT molecular complexity index is 764. The standard InChI is InChI=1S/C17H15NO6/c1-22-12-4-3-5-13(23-2)14(12)15(19)17-16(24-17)10-6-8-11(9-7-10)18(20)21/h3-9,16-17H,1-2H3. The molecule has 0 N–H and O–H groups in total. The smallest absolute Gasteiger partial charge is 0.269 e. The number of carbonyl (C=O) groups is 1. The van der Waals surface area contributed by atoms with Gasteiger partial charge in [-0.25, -0.2) is 0 Å². The van der Waals surface area contributed by atoms with Gasteiger partial charge in [0, 0.05) is 12.1 Å². The first-order chi connectivity index (χ1) is 11.6. The minimum atomic E-state index is -0.656. The first-order valence-corrected chi connectivity index (χ1v) is 7.22. The first kappa shape index (κ1) is 15.9. The number of hydrogen-bond donors (Lipinski definition) is 0. The normalized spacial score (nSPS) is 18.8. The Kier molecular flexibility index (Phi) is 4.18. The molecule has 0 aliphatic carbocycles. The van der Waals surface area contributed by atoms with Crippen molar-refractivity contribution in [2.75, 3.05) is 14.2 Å². The lowest BCUT2D eigenvalue weighted by Crippen LogP contribution is -2.11. The number of nitro benzene ring substituents is 1. The zero-order valence-electron chi connectivity index (χ0n) is 13.1. The maximum absolute atomic E-state index is 12.7. The van der Waals surface area contributed by atoms with E-state index in [2.05, 4.69) is 0 Å². The number of epoxide rings is 1. The van der Waals surface area contributed by atoms with Crippen molar-refractivity contribution >= 4 is 11.5 Å². The van der Waals surface area contributed by atoms with Crippen molar-refractivity contribution in [2.24, 2.45) is 0 Å². The van der Waals surface area contributed by atoms with Gasteiger partial charge in [-0.1, -0.05) is 6.07 Å². The van der Waals surface area contributed by atoms with Crippen molar-refractivity contribution in [3.8, 4) is 11.5 Å². The van der Waals surface area contributed by atoms with Crippen LogP contribution in [-0.4, -0.2) is 31.0 Å². The lowest BCUT2D eigenvalue weighted by atomic mass is 10.0. The highest BCUT2D eigenvalue weighted by molar-refractivity contribution is 6.06. The minimum Gasteiger partial charge on any atom is -0.496 e. The van der Waals surface area contributed by atoms with E-state index < -0.39 is 17.1 Å². The summed E-state index contributed by atoms with van der Waals surface area (Å²) in [5, 5.41) is 10.7. The molecule has 24 heavy (non-hydrogen) atoms. The van der Waals surface area contributed by atoms with Crippen LogP contribution in [0.3, 0.4) is 0 Å². The summed E-state index contributed by atoms with van der Waals surface area (Å²) >= 11 is 0. The summed E-state index contributed by atoms with van der Waals surface area (Å²) in [5.74, 6) is 0.585. The second kappa shape index (κ2) is 6.29. The van der Waals surface area contributed by atoms with Gasteiger partial charge >= 0.3 is 0 Å². The van der Waals surface area contributed by atoms with Crippen LogP contribution in [0, 0.1) is 10.1 Å². The molecule has 7 nitrogen and oxygen atoms in total. The first-order valence-electron chi connectivity index (χ1n) is 7.22. The van der Waals surface area contributed by atoms with Crippen LogP contribution in [0.4, 0.5) is 5.69 Å². The van der Waals surface area contributed by atoms with E-state index in [0.717, 1.165) is 0 Å². The SMILES string of the molecule is COc1cccc(OC)c1C(=O)C1OC1c1ccc([N+](=O)[O-])cc1. The third kappa shape index (κ3) is 2.81. The fourth-order valence-electron chi connectivity index (χ4n) is 2.59. The number of benzene rings is 2. The van der Waals surface area contributed by atoms with Gasteiger partial charge < -0.3 is 14.2 Å². The molecule has 7 heteroatoms. The summed E-state index contributed by atoms with van der Waals surface area (Å²) in [5.41, 5.74) is 1.04. The molecule has 0 saturated carbocycles. The van der Waals surface area contributed by atoms with Crippen LogP contribution in [0.2, 0.25) is 0 Å². The van der Waals surface area contributed by atoms with E-state index in [1.165, 1.54) is 26.4 Å². The Balaban J connectivity index is 1.82. The van der Waals surface area contributed by atoms with Gasteiger partial charge in [-0.15, -0.1) is 0 Å². The molecular weight excluding hydrogens is 314 g/mol. The van der Waals surface area contributed by atoms with Crippen LogP contribution < -0.4 is 9.47 Å².